The minimum Gasteiger partial charge on any atom is -0.508 e. The van der Waals surface area contributed by atoms with E-state index in [2.05, 4.69) is 21.2 Å². The number of phenolic OH excluding ortho intramolecular Hbond substituents is 1. The number of hydrogen-bond acceptors (Lipinski definition) is 4. The number of hydrogen-bond donors (Lipinski definition) is 4. The van der Waals surface area contributed by atoms with E-state index in [-0.39, 0.29) is 28.3 Å². The molecule has 5 N–H and O–H groups in total. The van der Waals surface area contributed by atoms with Crippen molar-refractivity contribution < 1.29 is 19.8 Å². The fourth-order valence-electron chi connectivity index (χ4n) is 1.75. The number of carboxylic acid groups (broad SMARTS) is 1. The average Bonchev–Trinajstić information content (AvgIpc) is 2.40. The van der Waals surface area contributed by atoms with Gasteiger partial charge in [0.25, 0.3) is 5.91 Å². The van der Waals surface area contributed by atoms with Gasteiger partial charge in [-0.3, -0.25) is 4.79 Å². The van der Waals surface area contributed by atoms with Crippen molar-refractivity contribution in [3.63, 3.8) is 0 Å². The molecule has 0 saturated heterocycles. The highest BCUT2D eigenvalue weighted by atomic mass is 79.9. The molecule has 0 unspecified atom stereocenters. The zero-order valence-corrected chi connectivity index (χ0v) is 12.2. The standard InChI is InChI=1S/C14H11BrN2O4/c15-7-1-3-9(11(16)5-7)13(19)17-12-4-2-8(18)6-10(12)14(20)21/h1-6,18H,16H2,(H,17,19)(H,20,21). The summed E-state index contributed by atoms with van der Waals surface area (Å²) in [5.41, 5.74) is 6.10. The number of anilines is 2. The van der Waals surface area contributed by atoms with Gasteiger partial charge in [0.2, 0.25) is 0 Å². The van der Waals surface area contributed by atoms with Crippen LogP contribution in [0.25, 0.3) is 0 Å². The fourth-order valence-corrected chi connectivity index (χ4v) is 2.13. The van der Waals surface area contributed by atoms with Gasteiger partial charge in [-0.05, 0) is 36.4 Å². The summed E-state index contributed by atoms with van der Waals surface area (Å²) in [6.45, 7) is 0. The number of nitrogen functional groups attached to an aromatic ring is 1. The zero-order chi connectivity index (χ0) is 15.6. The Balaban J connectivity index is 2.34. The first-order valence-corrected chi connectivity index (χ1v) is 6.60. The molecule has 2 aromatic rings. The molecule has 7 heteroatoms. The second-order valence-corrected chi connectivity index (χ2v) is 5.14. The van der Waals surface area contributed by atoms with Crippen LogP contribution in [0.3, 0.4) is 0 Å². The van der Waals surface area contributed by atoms with Crippen molar-refractivity contribution in [1.82, 2.24) is 0 Å². The Morgan fingerprint density at radius 2 is 1.81 bits per heavy atom. The molecule has 0 saturated carbocycles. The van der Waals surface area contributed by atoms with Crippen LogP contribution in [0.2, 0.25) is 0 Å². The van der Waals surface area contributed by atoms with Crippen LogP contribution in [0, 0.1) is 0 Å². The van der Waals surface area contributed by atoms with Gasteiger partial charge in [0.1, 0.15) is 5.75 Å². The lowest BCUT2D eigenvalue weighted by atomic mass is 10.1. The molecule has 2 rings (SSSR count). The average molecular weight is 351 g/mol. The van der Waals surface area contributed by atoms with Gasteiger partial charge >= 0.3 is 5.97 Å². The van der Waals surface area contributed by atoms with Crippen LogP contribution in [-0.2, 0) is 0 Å². The topological polar surface area (TPSA) is 113 Å². The Kier molecular flexibility index (Phi) is 4.13. The van der Waals surface area contributed by atoms with E-state index in [9.17, 15) is 14.7 Å². The Morgan fingerprint density at radius 3 is 2.43 bits per heavy atom. The molecule has 2 aromatic carbocycles. The molecule has 0 heterocycles. The zero-order valence-electron chi connectivity index (χ0n) is 10.6. The van der Waals surface area contributed by atoms with E-state index in [4.69, 9.17) is 10.8 Å². The van der Waals surface area contributed by atoms with Gasteiger partial charge in [-0.2, -0.15) is 0 Å². The Hall–Kier alpha value is -2.54. The molecule has 0 spiro atoms. The second kappa shape index (κ2) is 5.84. The molecule has 108 valence electrons. The molecule has 1 amide bonds. The van der Waals surface area contributed by atoms with Crippen LogP contribution < -0.4 is 11.1 Å². The highest BCUT2D eigenvalue weighted by Crippen LogP contribution is 2.24. The SMILES string of the molecule is Nc1cc(Br)ccc1C(=O)Nc1ccc(O)cc1C(=O)O. The van der Waals surface area contributed by atoms with Gasteiger partial charge in [-0.15, -0.1) is 0 Å². The van der Waals surface area contributed by atoms with Crippen molar-refractivity contribution in [1.29, 1.82) is 0 Å². The molecule has 0 bridgehead atoms. The third kappa shape index (κ3) is 3.32. The molecule has 0 aliphatic carbocycles. The van der Waals surface area contributed by atoms with Gasteiger partial charge in [0.15, 0.2) is 0 Å². The van der Waals surface area contributed by atoms with Crippen molar-refractivity contribution in [2.24, 2.45) is 0 Å². The number of phenols is 1. The highest BCUT2D eigenvalue weighted by Gasteiger charge is 2.16. The maximum absolute atomic E-state index is 12.1. The van der Waals surface area contributed by atoms with E-state index in [1.807, 2.05) is 0 Å². The smallest absolute Gasteiger partial charge is 0.337 e. The lowest BCUT2D eigenvalue weighted by Crippen LogP contribution is -2.16. The summed E-state index contributed by atoms with van der Waals surface area (Å²) >= 11 is 3.23. The molecule has 6 nitrogen and oxygen atoms in total. The summed E-state index contributed by atoms with van der Waals surface area (Å²) < 4.78 is 0.729. The van der Waals surface area contributed by atoms with Gasteiger partial charge in [-0.25, -0.2) is 4.79 Å². The summed E-state index contributed by atoms with van der Waals surface area (Å²) in [7, 11) is 0. The number of rotatable bonds is 3. The number of carbonyl (C=O) groups excluding carboxylic acids is 1. The van der Waals surface area contributed by atoms with E-state index in [0.29, 0.717) is 0 Å². The highest BCUT2D eigenvalue weighted by molar-refractivity contribution is 9.10. The Bertz CT molecular complexity index is 731. The van der Waals surface area contributed by atoms with Gasteiger partial charge in [-0.1, -0.05) is 15.9 Å². The summed E-state index contributed by atoms with van der Waals surface area (Å²) in [5.74, 6) is -1.99. The lowest BCUT2D eigenvalue weighted by molar-refractivity contribution is 0.0697. The van der Waals surface area contributed by atoms with Gasteiger partial charge in [0.05, 0.1) is 16.8 Å². The summed E-state index contributed by atoms with van der Waals surface area (Å²) in [4.78, 5) is 23.3. The number of aromatic hydroxyl groups is 1. The predicted molar refractivity (Wildman–Crippen MR) is 81.6 cm³/mol. The molecular weight excluding hydrogens is 340 g/mol. The van der Waals surface area contributed by atoms with Crippen LogP contribution in [0.15, 0.2) is 40.9 Å². The summed E-state index contributed by atoms with van der Waals surface area (Å²) in [6.07, 6.45) is 0. The molecule has 0 atom stereocenters. The minimum absolute atomic E-state index is 0.0765. The summed E-state index contributed by atoms with van der Waals surface area (Å²) in [5, 5.41) is 20.9. The van der Waals surface area contributed by atoms with Crippen LogP contribution in [0.1, 0.15) is 20.7 Å². The van der Waals surface area contributed by atoms with Gasteiger partial charge < -0.3 is 21.3 Å². The first kappa shape index (κ1) is 14.9. The number of halogens is 1. The third-order valence-electron chi connectivity index (χ3n) is 2.74. The number of nitrogens with one attached hydrogen (secondary N) is 1. The van der Waals surface area contributed by atoms with Crippen molar-refractivity contribution in [3.8, 4) is 5.75 Å². The van der Waals surface area contributed by atoms with Crippen molar-refractivity contribution in [2.75, 3.05) is 11.1 Å². The molecule has 0 aliphatic rings. The Morgan fingerprint density at radius 1 is 1.10 bits per heavy atom. The largest absolute Gasteiger partial charge is 0.508 e. The normalized spacial score (nSPS) is 10.1. The molecular formula is C14H11BrN2O4. The van der Waals surface area contributed by atoms with Crippen molar-refractivity contribution in [3.05, 3.63) is 52.0 Å². The maximum Gasteiger partial charge on any atom is 0.337 e. The van der Waals surface area contributed by atoms with E-state index in [1.165, 1.54) is 18.2 Å². The van der Waals surface area contributed by atoms with Crippen molar-refractivity contribution in [2.45, 2.75) is 0 Å². The van der Waals surface area contributed by atoms with Crippen LogP contribution >= 0.6 is 15.9 Å². The lowest BCUT2D eigenvalue weighted by Gasteiger charge is -2.10. The van der Waals surface area contributed by atoms with E-state index >= 15 is 0 Å². The molecule has 0 aromatic heterocycles. The number of nitrogens with two attached hydrogens (primary N) is 1. The predicted octanol–water partition coefficient (Wildman–Crippen LogP) is 2.69. The second-order valence-electron chi connectivity index (χ2n) is 4.22. The monoisotopic (exact) mass is 350 g/mol. The Labute approximate surface area is 128 Å². The molecule has 0 radical (unpaired) electrons. The first-order valence-electron chi connectivity index (χ1n) is 5.81. The number of carbonyl (C=O) groups is 2. The fraction of sp³-hybridized carbons (Fsp3) is 0. The maximum atomic E-state index is 12.1. The van der Waals surface area contributed by atoms with E-state index in [0.717, 1.165) is 10.5 Å². The number of benzene rings is 2. The minimum atomic E-state index is -1.26. The summed E-state index contributed by atoms with van der Waals surface area (Å²) in [6, 6.07) is 8.40. The van der Waals surface area contributed by atoms with Gasteiger partial charge in [0, 0.05) is 10.2 Å². The van der Waals surface area contributed by atoms with Crippen LogP contribution in [0.4, 0.5) is 11.4 Å². The molecule has 0 fully saturated rings. The van der Waals surface area contributed by atoms with Crippen LogP contribution in [-0.4, -0.2) is 22.1 Å². The number of aromatic carboxylic acids is 1. The third-order valence-corrected chi connectivity index (χ3v) is 3.23. The first-order chi connectivity index (χ1) is 9.88. The van der Waals surface area contributed by atoms with Crippen molar-refractivity contribution >= 4 is 39.2 Å². The van der Waals surface area contributed by atoms with E-state index < -0.39 is 11.9 Å². The number of amides is 1. The number of carboxylic acids is 1. The van der Waals surface area contributed by atoms with E-state index in [1.54, 1.807) is 12.1 Å². The quantitative estimate of drug-likeness (QED) is 0.502. The molecule has 21 heavy (non-hydrogen) atoms. The molecule has 0 aliphatic heterocycles. The van der Waals surface area contributed by atoms with Crippen LogP contribution in [0.5, 0.6) is 5.75 Å².